The molecular weight excluding hydrogens is 426 g/mol. The van der Waals surface area contributed by atoms with Crippen molar-refractivity contribution in [3.8, 4) is 5.75 Å². The maximum atomic E-state index is 12.3. The van der Waals surface area contributed by atoms with Gasteiger partial charge in [-0.2, -0.15) is 0 Å². The molecule has 3 aromatic rings. The molecule has 0 aliphatic rings. The standard InChI is InChI=1S/C20H19N3O5S2/c1-28-13-5-6-15-16(10-13)30-20(22-15)23-18(25)11-29-14-4-2-3-12(9-14)21-17(24)7-8-19(26)27/h2-6,9-10H,7-8,11H2,1H3,(H,21,24)(H,26,27)(H,22,23,25). The highest BCUT2D eigenvalue weighted by molar-refractivity contribution is 8.00. The molecule has 30 heavy (non-hydrogen) atoms. The van der Waals surface area contributed by atoms with E-state index in [9.17, 15) is 14.4 Å². The second kappa shape index (κ2) is 10.1. The number of carbonyl (C=O) groups excluding carboxylic acids is 2. The van der Waals surface area contributed by atoms with Gasteiger partial charge in [-0.25, -0.2) is 4.98 Å². The SMILES string of the molecule is COc1ccc2nc(NC(=O)CSc3cccc(NC(=O)CCC(=O)O)c3)sc2c1. The van der Waals surface area contributed by atoms with Gasteiger partial charge in [0.2, 0.25) is 11.8 Å². The highest BCUT2D eigenvalue weighted by Gasteiger charge is 2.10. The number of methoxy groups -OCH3 is 1. The number of nitrogens with one attached hydrogen (secondary N) is 2. The topological polar surface area (TPSA) is 118 Å². The first-order valence-electron chi connectivity index (χ1n) is 8.92. The van der Waals surface area contributed by atoms with E-state index in [2.05, 4.69) is 15.6 Å². The number of ether oxygens (including phenoxy) is 1. The number of hydrogen-bond donors (Lipinski definition) is 3. The Labute approximate surface area is 180 Å². The van der Waals surface area contributed by atoms with E-state index in [4.69, 9.17) is 9.84 Å². The molecule has 10 heteroatoms. The van der Waals surface area contributed by atoms with Crippen LogP contribution in [0.4, 0.5) is 10.8 Å². The highest BCUT2D eigenvalue weighted by atomic mass is 32.2. The number of carboxylic acids is 1. The van der Waals surface area contributed by atoms with Gasteiger partial charge in [-0.1, -0.05) is 17.4 Å². The minimum Gasteiger partial charge on any atom is -0.497 e. The maximum absolute atomic E-state index is 12.3. The maximum Gasteiger partial charge on any atom is 0.303 e. The zero-order chi connectivity index (χ0) is 21.5. The van der Waals surface area contributed by atoms with E-state index in [1.54, 1.807) is 25.3 Å². The van der Waals surface area contributed by atoms with Crippen LogP contribution in [0.5, 0.6) is 5.75 Å². The molecule has 0 bridgehead atoms. The summed E-state index contributed by atoms with van der Waals surface area (Å²) in [6.45, 7) is 0. The van der Waals surface area contributed by atoms with Crippen LogP contribution >= 0.6 is 23.1 Å². The van der Waals surface area contributed by atoms with Gasteiger partial charge in [0.05, 0.1) is 29.5 Å². The van der Waals surface area contributed by atoms with Crippen LogP contribution in [-0.2, 0) is 14.4 Å². The third kappa shape index (κ3) is 6.19. The quantitative estimate of drug-likeness (QED) is 0.428. The molecule has 8 nitrogen and oxygen atoms in total. The molecule has 3 N–H and O–H groups in total. The second-order valence-electron chi connectivity index (χ2n) is 6.16. The van der Waals surface area contributed by atoms with Gasteiger partial charge in [-0.15, -0.1) is 11.8 Å². The first kappa shape index (κ1) is 21.6. The van der Waals surface area contributed by atoms with E-state index < -0.39 is 5.97 Å². The number of benzene rings is 2. The van der Waals surface area contributed by atoms with Crippen LogP contribution in [0.3, 0.4) is 0 Å². The van der Waals surface area contributed by atoms with Crippen molar-refractivity contribution in [2.45, 2.75) is 17.7 Å². The van der Waals surface area contributed by atoms with Crippen molar-refractivity contribution in [2.24, 2.45) is 0 Å². The largest absolute Gasteiger partial charge is 0.497 e. The summed E-state index contributed by atoms with van der Waals surface area (Å²) in [5.41, 5.74) is 1.34. The van der Waals surface area contributed by atoms with E-state index in [-0.39, 0.29) is 30.4 Å². The predicted octanol–water partition coefficient (Wildman–Crippen LogP) is 3.84. The summed E-state index contributed by atoms with van der Waals surface area (Å²) in [6, 6.07) is 12.6. The fourth-order valence-corrected chi connectivity index (χ4v) is 4.16. The first-order chi connectivity index (χ1) is 14.4. The van der Waals surface area contributed by atoms with Crippen LogP contribution in [0.1, 0.15) is 12.8 Å². The number of fused-ring (bicyclic) bond motifs is 1. The number of anilines is 2. The summed E-state index contributed by atoms with van der Waals surface area (Å²) in [6.07, 6.45) is -0.317. The molecule has 1 aromatic heterocycles. The third-order valence-corrected chi connectivity index (χ3v) is 5.82. The Morgan fingerprint density at radius 3 is 2.70 bits per heavy atom. The van der Waals surface area contributed by atoms with Crippen molar-refractivity contribution in [1.29, 1.82) is 0 Å². The van der Waals surface area contributed by atoms with Crippen LogP contribution in [0.15, 0.2) is 47.4 Å². The van der Waals surface area contributed by atoms with Gasteiger partial charge in [-0.05, 0) is 36.4 Å². The van der Waals surface area contributed by atoms with Crippen molar-refractivity contribution < 1.29 is 24.2 Å². The molecule has 0 aliphatic heterocycles. The van der Waals surface area contributed by atoms with E-state index in [0.717, 1.165) is 20.9 Å². The molecule has 156 valence electrons. The lowest BCUT2D eigenvalue weighted by molar-refractivity contribution is -0.138. The van der Waals surface area contributed by atoms with Crippen LogP contribution in [0, 0.1) is 0 Å². The second-order valence-corrected chi connectivity index (χ2v) is 8.24. The number of carboxylic acid groups (broad SMARTS) is 1. The monoisotopic (exact) mass is 445 g/mol. The van der Waals surface area contributed by atoms with Crippen molar-refractivity contribution >= 4 is 61.9 Å². The first-order valence-corrected chi connectivity index (χ1v) is 10.7. The van der Waals surface area contributed by atoms with Gasteiger partial charge in [0.25, 0.3) is 0 Å². The van der Waals surface area contributed by atoms with Crippen molar-refractivity contribution in [3.63, 3.8) is 0 Å². The number of thioether (sulfide) groups is 1. The molecule has 1 heterocycles. The molecule has 0 spiro atoms. The molecular formula is C20H19N3O5S2. The Bertz CT molecular complexity index is 1080. The summed E-state index contributed by atoms with van der Waals surface area (Å²) in [5, 5.41) is 14.6. The Morgan fingerprint density at radius 1 is 1.10 bits per heavy atom. The Kier molecular flexibility index (Phi) is 7.26. The molecule has 0 fully saturated rings. The van der Waals surface area contributed by atoms with E-state index in [0.29, 0.717) is 10.8 Å². The van der Waals surface area contributed by atoms with Gasteiger partial charge in [0.1, 0.15) is 5.75 Å². The van der Waals surface area contributed by atoms with E-state index in [1.807, 2.05) is 24.3 Å². The average Bonchev–Trinajstić information content (AvgIpc) is 3.12. The van der Waals surface area contributed by atoms with Crippen LogP contribution in [-0.4, -0.2) is 40.7 Å². The summed E-state index contributed by atoms with van der Waals surface area (Å²) < 4.78 is 6.11. The lowest BCUT2D eigenvalue weighted by Gasteiger charge is -2.07. The Morgan fingerprint density at radius 2 is 1.93 bits per heavy atom. The average molecular weight is 446 g/mol. The number of rotatable bonds is 9. The molecule has 0 saturated heterocycles. The summed E-state index contributed by atoms with van der Waals surface area (Å²) >= 11 is 2.69. The van der Waals surface area contributed by atoms with Crippen LogP contribution in [0.2, 0.25) is 0 Å². The van der Waals surface area contributed by atoms with Crippen molar-refractivity contribution in [1.82, 2.24) is 4.98 Å². The van der Waals surface area contributed by atoms with Crippen LogP contribution < -0.4 is 15.4 Å². The van der Waals surface area contributed by atoms with Gasteiger partial charge in [-0.3, -0.25) is 14.4 Å². The smallest absolute Gasteiger partial charge is 0.303 e. The summed E-state index contributed by atoms with van der Waals surface area (Å²) in [5.74, 6) is -0.677. The number of aromatic nitrogens is 1. The number of aliphatic carboxylic acids is 1. The van der Waals surface area contributed by atoms with Gasteiger partial charge < -0.3 is 20.5 Å². The molecule has 2 aromatic carbocycles. The lowest BCUT2D eigenvalue weighted by Crippen LogP contribution is -2.14. The summed E-state index contributed by atoms with van der Waals surface area (Å²) in [7, 11) is 1.60. The van der Waals surface area contributed by atoms with Gasteiger partial charge in [0.15, 0.2) is 5.13 Å². The van der Waals surface area contributed by atoms with E-state index >= 15 is 0 Å². The van der Waals surface area contributed by atoms with E-state index in [1.165, 1.54) is 23.1 Å². The van der Waals surface area contributed by atoms with Crippen molar-refractivity contribution in [2.75, 3.05) is 23.5 Å². The minimum absolute atomic E-state index is 0.0941. The number of nitrogens with zero attached hydrogens (tertiary/aromatic N) is 1. The van der Waals surface area contributed by atoms with Crippen LogP contribution in [0.25, 0.3) is 10.2 Å². The molecule has 0 saturated carbocycles. The lowest BCUT2D eigenvalue weighted by atomic mass is 10.2. The fraction of sp³-hybridized carbons (Fsp3) is 0.200. The minimum atomic E-state index is -1.02. The number of carbonyl (C=O) groups is 3. The van der Waals surface area contributed by atoms with Gasteiger partial charge >= 0.3 is 5.97 Å². The normalized spacial score (nSPS) is 10.6. The molecule has 2 amide bonds. The number of thiazole rings is 1. The Hall–Kier alpha value is -3.11. The molecule has 0 atom stereocenters. The fourth-order valence-electron chi connectivity index (χ4n) is 2.50. The molecule has 0 radical (unpaired) electrons. The zero-order valence-electron chi connectivity index (χ0n) is 16.0. The highest BCUT2D eigenvalue weighted by Crippen LogP contribution is 2.29. The Balaban J connectivity index is 1.53. The predicted molar refractivity (Wildman–Crippen MR) is 117 cm³/mol. The van der Waals surface area contributed by atoms with Gasteiger partial charge in [0, 0.05) is 17.0 Å². The number of hydrogen-bond acceptors (Lipinski definition) is 7. The molecule has 3 rings (SSSR count). The molecule has 0 unspecified atom stereocenters. The summed E-state index contributed by atoms with van der Waals surface area (Å²) in [4.78, 5) is 39.8. The third-order valence-electron chi connectivity index (χ3n) is 3.90. The van der Waals surface area contributed by atoms with Crippen molar-refractivity contribution in [3.05, 3.63) is 42.5 Å². The zero-order valence-corrected chi connectivity index (χ0v) is 17.6. The number of amides is 2. The molecule has 0 aliphatic carbocycles.